The van der Waals surface area contributed by atoms with Crippen LogP contribution in [0.4, 0.5) is 8.78 Å². The van der Waals surface area contributed by atoms with E-state index in [1.165, 1.54) is 25.1 Å². The molecular formula is C12H17F2N. The van der Waals surface area contributed by atoms with Crippen molar-refractivity contribution in [1.82, 2.24) is 0 Å². The third-order valence-electron chi connectivity index (χ3n) is 3.15. The lowest BCUT2D eigenvalue weighted by atomic mass is 9.73. The molecule has 1 nitrogen and oxygen atoms in total. The van der Waals surface area contributed by atoms with Crippen molar-refractivity contribution >= 4 is 0 Å². The molecule has 1 atom stereocenters. The van der Waals surface area contributed by atoms with Gasteiger partial charge in [0.25, 0.3) is 0 Å². The Bertz CT molecular complexity index is 345. The molecule has 0 fully saturated rings. The Morgan fingerprint density at radius 1 is 1.27 bits per heavy atom. The Balaban J connectivity index is 3.16. The molecule has 0 bridgehead atoms. The summed E-state index contributed by atoms with van der Waals surface area (Å²) in [6.45, 7) is 5.11. The zero-order valence-electron chi connectivity index (χ0n) is 9.35. The van der Waals surface area contributed by atoms with Gasteiger partial charge in [-0.1, -0.05) is 26.0 Å². The van der Waals surface area contributed by atoms with E-state index in [1.807, 2.05) is 0 Å². The first kappa shape index (κ1) is 12.1. The molecule has 0 amide bonds. The van der Waals surface area contributed by atoms with Crippen LogP contribution in [0.5, 0.6) is 0 Å². The second-order valence-corrected chi connectivity index (χ2v) is 4.60. The molecule has 0 aliphatic heterocycles. The second kappa shape index (κ2) is 3.89. The smallest absolute Gasteiger partial charge is 0.139 e. The molecule has 1 unspecified atom stereocenters. The lowest BCUT2D eigenvalue weighted by Gasteiger charge is -2.37. The highest BCUT2D eigenvalue weighted by Gasteiger charge is 2.42. The summed E-state index contributed by atoms with van der Waals surface area (Å²) in [6.07, 6.45) is 0. The van der Waals surface area contributed by atoms with Crippen molar-refractivity contribution in [2.75, 3.05) is 6.54 Å². The second-order valence-electron chi connectivity index (χ2n) is 4.60. The van der Waals surface area contributed by atoms with Crippen LogP contribution in [-0.2, 0) is 5.67 Å². The van der Waals surface area contributed by atoms with Gasteiger partial charge in [-0.15, -0.1) is 0 Å². The molecule has 0 heterocycles. The SMILES string of the molecule is CC(C)(CN)C(C)(F)c1cccc(F)c1. The van der Waals surface area contributed by atoms with Crippen LogP contribution in [-0.4, -0.2) is 6.54 Å². The number of alkyl halides is 1. The van der Waals surface area contributed by atoms with Crippen LogP contribution in [0.25, 0.3) is 0 Å². The van der Waals surface area contributed by atoms with E-state index >= 15 is 0 Å². The highest BCUT2D eigenvalue weighted by molar-refractivity contribution is 5.25. The summed E-state index contributed by atoms with van der Waals surface area (Å²) in [4.78, 5) is 0. The standard InChI is InChI=1S/C12H17F2N/c1-11(2,8-15)12(3,14)9-5-4-6-10(13)7-9/h4-7H,8,15H2,1-3H3. The first-order chi connectivity index (χ1) is 6.81. The van der Waals surface area contributed by atoms with Gasteiger partial charge in [0.1, 0.15) is 11.5 Å². The summed E-state index contributed by atoms with van der Waals surface area (Å²) in [7, 11) is 0. The maximum absolute atomic E-state index is 14.5. The van der Waals surface area contributed by atoms with Crippen molar-refractivity contribution in [1.29, 1.82) is 0 Å². The van der Waals surface area contributed by atoms with Crippen LogP contribution >= 0.6 is 0 Å². The van der Waals surface area contributed by atoms with Gasteiger partial charge in [0, 0.05) is 12.0 Å². The molecule has 0 aliphatic carbocycles. The van der Waals surface area contributed by atoms with Gasteiger partial charge < -0.3 is 5.73 Å². The fourth-order valence-corrected chi connectivity index (χ4v) is 1.36. The average molecular weight is 213 g/mol. The molecule has 1 aromatic carbocycles. The molecule has 1 rings (SSSR count). The fourth-order valence-electron chi connectivity index (χ4n) is 1.36. The van der Waals surface area contributed by atoms with Gasteiger partial charge in [0.2, 0.25) is 0 Å². The van der Waals surface area contributed by atoms with Crippen molar-refractivity contribution in [3.8, 4) is 0 Å². The first-order valence-electron chi connectivity index (χ1n) is 4.96. The highest BCUT2D eigenvalue weighted by atomic mass is 19.1. The van der Waals surface area contributed by atoms with Crippen molar-refractivity contribution in [2.45, 2.75) is 26.4 Å². The molecular weight excluding hydrogens is 196 g/mol. The lowest BCUT2D eigenvalue weighted by Crippen LogP contribution is -2.41. The van der Waals surface area contributed by atoms with E-state index in [0.717, 1.165) is 0 Å². The Morgan fingerprint density at radius 2 is 1.87 bits per heavy atom. The van der Waals surface area contributed by atoms with Gasteiger partial charge in [-0.2, -0.15) is 0 Å². The third kappa shape index (κ3) is 2.17. The molecule has 15 heavy (non-hydrogen) atoms. The van der Waals surface area contributed by atoms with E-state index in [2.05, 4.69) is 0 Å². The molecule has 0 saturated carbocycles. The van der Waals surface area contributed by atoms with E-state index < -0.39 is 16.9 Å². The molecule has 1 aromatic rings. The van der Waals surface area contributed by atoms with E-state index in [4.69, 9.17) is 5.73 Å². The summed E-state index contributed by atoms with van der Waals surface area (Å²) >= 11 is 0. The number of rotatable bonds is 3. The van der Waals surface area contributed by atoms with Gasteiger partial charge in [-0.3, -0.25) is 0 Å². The lowest BCUT2D eigenvalue weighted by molar-refractivity contribution is 0.0369. The van der Waals surface area contributed by atoms with E-state index in [9.17, 15) is 8.78 Å². The summed E-state index contributed by atoms with van der Waals surface area (Å²) in [5.74, 6) is -0.427. The Hall–Kier alpha value is -0.960. The van der Waals surface area contributed by atoms with Crippen LogP contribution in [0.15, 0.2) is 24.3 Å². The molecule has 0 saturated heterocycles. The van der Waals surface area contributed by atoms with E-state index in [1.54, 1.807) is 19.9 Å². The maximum Gasteiger partial charge on any atom is 0.139 e. The van der Waals surface area contributed by atoms with E-state index in [-0.39, 0.29) is 6.54 Å². The minimum Gasteiger partial charge on any atom is -0.330 e. The summed E-state index contributed by atoms with van der Waals surface area (Å²) in [5.41, 5.74) is 3.51. The van der Waals surface area contributed by atoms with Crippen LogP contribution in [0.2, 0.25) is 0 Å². The zero-order valence-corrected chi connectivity index (χ0v) is 9.35. The maximum atomic E-state index is 14.5. The molecule has 0 radical (unpaired) electrons. The van der Waals surface area contributed by atoms with Crippen molar-refractivity contribution in [3.63, 3.8) is 0 Å². The van der Waals surface area contributed by atoms with Crippen molar-refractivity contribution in [3.05, 3.63) is 35.6 Å². The largest absolute Gasteiger partial charge is 0.330 e. The molecule has 3 heteroatoms. The first-order valence-corrected chi connectivity index (χ1v) is 4.96. The fraction of sp³-hybridized carbons (Fsp3) is 0.500. The number of halogens is 2. The van der Waals surface area contributed by atoms with Crippen LogP contribution < -0.4 is 5.73 Å². The average Bonchev–Trinajstić information content (AvgIpc) is 2.17. The van der Waals surface area contributed by atoms with E-state index in [0.29, 0.717) is 5.56 Å². The minimum atomic E-state index is -1.64. The predicted octanol–water partition coefficient (Wildman–Crippen LogP) is 3.00. The predicted molar refractivity (Wildman–Crippen MR) is 57.7 cm³/mol. The Labute approximate surface area is 89.3 Å². The number of benzene rings is 1. The number of hydrogen-bond acceptors (Lipinski definition) is 1. The van der Waals surface area contributed by atoms with Gasteiger partial charge in [0.05, 0.1) is 0 Å². The number of nitrogens with two attached hydrogens (primary N) is 1. The summed E-state index contributed by atoms with van der Waals surface area (Å²) < 4.78 is 27.5. The third-order valence-corrected chi connectivity index (χ3v) is 3.15. The Kier molecular flexibility index (Phi) is 3.14. The minimum absolute atomic E-state index is 0.205. The van der Waals surface area contributed by atoms with Crippen LogP contribution in [0.1, 0.15) is 26.3 Å². The van der Waals surface area contributed by atoms with Crippen molar-refractivity contribution in [2.24, 2.45) is 11.1 Å². The Morgan fingerprint density at radius 3 is 2.33 bits per heavy atom. The zero-order chi connectivity index (χ0) is 11.7. The molecule has 2 N–H and O–H groups in total. The van der Waals surface area contributed by atoms with Crippen LogP contribution in [0.3, 0.4) is 0 Å². The summed E-state index contributed by atoms with van der Waals surface area (Å²) in [6, 6.07) is 5.61. The van der Waals surface area contributed by atoms with Gasteiger partial charge >= 0.3 is 0 Å². The van der Waals surface area contributed by atoms with Gasteiger partial charge in [0.15, 0.2) is 0 Å². The molecule has 84 valence electrons. The summed E-state index contributed by atoms with van der Waals surface area (Å²) in [5, 5.41) is 0. The monoisotopic (exact) mass is 213 g/mol. The van der Waals surface area contributed by atoms with Crippen LogP contribution in [0, 0.1) is 11.2 Å². The van der Waals surface area contributed by atoms with Gasteiger partial charge in [-0.25, -0.2) is 8.78 Å². The molecule has 0 spiro atoms. The quantitative estimate of drug-likeness (QED) is 0.820. The van der Waals surface area contributed by atoms with Gasteiger partial charge in [-0.05, 0) is 24.6 Å². The van der Waals surface area contributed by atoms with Crippen molar-refractivity contribution < 1.29 is 8.78 Å². The number of hydrogen-bond donors (Lipinski definition) is 1. The molecule has 0 aliphatic rings. The topological polar surface area (TPSA) is 26.0 Å². The normalized spacial score (nSPS) is 16.1. The highest BCUT2D eigenvalue weighted by Crippen LogP contribution is 2.42. The molecule has 0 aromatic heterocycles.